The molecule has 3 nitrogen and oxygen atoms in total. The van der Waals surface area contributed by atoms with Crippen LogP contribution in [0.3, 0.4) is 0 Å². The average Bonchev–Trinajstić information content (AvgIpc) is 2.36. The van der Waals surface area contributed by atoms with Crippen LogP contribution in [0, 0.1) is 11.8 Å². The molecule has 1 saturated carbocycles. The van der Waals surface area contributed by atoms with Crippen molar-refractivity contribution in [1.82, 2.24) is 0 Å². The zero-order valence-corrected chi connectivity index (χ0v) is 12.2. The molecule has 1 aliphatic carbocycles. The Morgan fingerprint density at radius 1 is 1.32 bits per heavy atom. The lowest BCUT2D eigenvalue weighted by Gasteiger charge is -2.26. The molecule has 0 aromatic rings. The van der Waals surface area contributed by atoms with E-state index in [2.05, 4.69) is 18.8 Å². The number of hydrogen-bond acceptors (Lipinski definition) is 3. The Bertz CT molecular complexity index is 332. The number of carbonyl (C=O) groups is 1. The van der Waals surface area contributed by atoms with Gasteiger partial charge in [-0.2, -0.15) is 0 Å². The highest BCUT2D eigenvalue weighted by atomic mass is 16.5. The molecular weight excluding hydrogens is 240 g/mol. The third-order valence-corrected chi connectivity index (χ3v) is 3.52. The molecule has 0 aromatic heterocycles. The number of rotatable bonds is 5. The third kappa shape index (κ3) is 6.63. The van der Waals surface area contributed by atoms with Gasteiger partial charge < -0.3 is 9.84 Å². The van der Waals surface area contributed by atoms with Crippen LogP contribution in [-0.2, 0) is 9.53 Å². The van der Waals surface area contributed by atoms with Gasteiger partial charge in [0.25, 0.3) is 0 Å². The molecule has 0 heterocycles. The lowest BCUT2D eigenvalue weighted by molar-refractivity contribution is -0.144. The molecule has 108 valence electrons. The summed E-state index contributed by atoms with van der Waals surface area (Å²) < 4.78 is 5.21. The van der Waals surface area contributed by atoms with Gasteiger partial charge in [-0.15, -0.1) is 0 Å². The minimum absolute atomic E-state index is 0.300. The molecule has 1 N–H and O–H groups in total. The van der Waals surface area contributed by atoms with Gasteiger partial charge in [0.05, 0.1) is 0 Å². The molecule has 0 aromatic carbocycles. The lowest BCUT2D eigenvalue weighted by atomic mass is 9.85. The minimum Gasteiger partial charge on any atom is -0.449 e. The predicted octanol–water partition coefficient (Wildman–Crippen LogP) is 3.20. The van der Waals surface area contributed by atoms with Gasteiger partial charge in [-0.3, -0.25) is 4.79 Å². The van der Waals surface area contributed by atoms with Crippen LogP contribution in [0.25, 0.3) is 0 Å². The second kappa shape index (κ2) is 8.22. The van der Waals surface area contributed by atoms with Crippen molar-refractivity contribution in [2.45, 2.75) is 83.3 Å². The number of carbonyl (C=O) groups excluding carboxylic acids is 1. The minimum atomic E-state index is -0.860. The Morgan fingerprint density at radius 3 is 2.58 bits per heavy atom. The fourth-order valence-electron chi connectivity index (χ4n) is 2.42. The smallest absolute Gasteiger partial charge is 0.303 e. The highest BCUT2D eigenvalue weighted by Gasteiger charge is 2.26. The van der Waals surface area contributed by atoms with E-state index in [0.717, 1.165) is 51.4 Å². The monoisotopic (exact) mass is 266 g/mol. The van der Waals surface area contributed by atoms with E-state index in [9.17, 15) is 9.90 Å². The van der Waals surface area contributed by atoms with Gasteiger partial charge >= 0.3 is 5.97 Å². The maximum atomic E-state index is 11.1. The van der Waals surface area contributed by atoms with Gasteiger partial charge in [-0.05, 0) is 38.5 Å². The second-order valence-corrected chi connectivity index (χ2v) is 5.46. The molecule has 1 fully saturated rings. The van der Waals surface area contributed by atoms with Crippen molar-refractivity contribution in [1.29, 1.82) is 0 Å². The summed E-state index contributed by atoms with van der Waals surface area (Å²) in [7, 11) is 0. The van der Waals surface area contributed by atoms with E-state index in [-0.39, 0.29) is 12.1 Å². The quantitative estimate of drug-likeness (QED) is 0.472. The molecule has 0 spiro atoms. The summed E-state index contributed by atoms with van der Waals surface area (Å²) in [6.45, 7) is 3.54. The third-order valence-electron chi connectivity index (χ3n) is 3.52. The maximum Gasteiger partial charge on any atom is 0.303 e. The fraction of sp³-hybridized carbons (Fsp3) is 0.812. The Hall–Kier alpha value is -1.01. The highest BCUT2D eigenvalue weighted by molar-refractivity contribution is 5.66. The predicted molar refractivity (Wildman–Crippen MR) is 75.5 cm³/mol. The molecular formula is C16H26O3. The van der Waals surface area contributed by atoms with Crippen molar-refractivity contribution in [3.63, 3.8) is 0 Å². The molecule has 0 radical (unpaired) electrons. The first-order chi connectivity index (χ1) is 9.06. The first-order valence-corrected chi connectivity index (χ1v) is 7.48. The Kier molecular flexibility index (Phi) is 6.94. The molecule has 1 unspecified atom stereocenters. The fourth-order valence-corrected chi connectivity index (χ4v) is 2.42. The largest absolute Gasteiger partial charge is 0.449 e. The Morgan fingerprint density at radius 2 is 2.00 bits per heavy atom. The topological polar surface area (TPSA) is 46.5 Å². The van der Waals surface area contributed by atoms with Crippen molar-refractivity contribution in [3.8, 4) is 11.8 Å². The number of esters is 1. The molecule has 19 heavy (non-hydrogen) atoms. The molecule has 1 aliphatic rings. The van der Waals surface area contributed by atoms with Crippen molar-refractivity contribution in [3.05, 3.63) is 0 Å². The van der Waals surface area contributed by atoms with Crippen LogP contribution in [-0.4, -0.2) is 22.8 Å². The standard InChI is InChI=1S/C16H26O3/c1-3-4-6-9-15(19-14(2)17)10-13-16(18)11-7-5-8-12-16/h15,18H,3-9,11-12H2,1-2H3. The molecule has 0 aliphatic heterocycles. The molecule has 0 amide bonds. The van der Waals surface area contributed by atoms with E-state index < -0.39 is 5.60 Å². The molecule has 0 bridgehead atoms. The van der Waals surface area contributed by atoms with Crippen molar-refractivity contribution in [2.75, 3.05) is 0 Å². The van der Waals surface area contributed by atoms with Crippen LogP contribution in [0.15, 0.2) is 0 Å². The van der Waals surface area contributed by atoms with E-state index in [1.54, 1.807) is 0 Å². The first-order valence-electron chi connectivity index (χ1n) is 7.48. The number of ether oxygens (including phenoxy) is 1. The summed E-state index contributed by atoms with van der Waals surface area (Å²) in [5, 5.41) is 10.3. The van der Waals surface area contributed by atoms with Gasteiger partial charge in [0.15, 0.2) is 6.10 Å². The summed E-state index contributed by atoms with van der Waals surface area (Å²) >= 11 is 0. The van der Waals surface area contributed by atoms with Crippen LogP contribution in [0.4, 0.5) is 0 Å². The van der Waals surface area contributed by atoms with Crippen molar-refractivity contribution < 1.29 is 14.6 Å². The summed E-state index contributed by atoms with van der Waals surface area (Å²) in [4.78, 5) is 11.1. The van der Waals surface area contributed by atoms with Crippen LogP contribution in [0.2, 0.25) is 0 Å². The Balaban J connectivity index is 2.56. The summed E-state index contributed by atoms with van der Waals surface area (Å²) in [6.07, 6.45) is 8.34. The van der Waals surface area contributed by atoms with Crippen LogP contribution in [0.1, 0.15) is 71.6 Å². The number of unbranched alkanes of at least 4 members (excludes halogenated alkanes) is 2. The molecule has 3 heteroatoms. The highest BCUT2D eigenvalue weighted by Crippen LogP contribution is 2.27. The van der Waals surface area contributed by atoms with E-state index >= 15 is 0 Å². The average molecular weight is 266 g/mol. The normalized spacial score (nSPS) is 19.1. The van der Waals surface area contributed by atoms with Crippen LogP contribution >= 0.6 is 0 Å². The summed E-state index contributed by atoms with van der Waals surface area (Å²) in [5.41, 5.74) is -0.860. The second-order valence-electron chi connectivity index (χ2n) is 5.46. The van der Waals surface area contributed by atoms with Gasteiger partial charge in [0.2, 0.25) is 0 Å². The van der Waals surface area contributed by atoms with Crippen LogP contribution < -0.4 is 0 Å². The molecule has 0 saturated heterocycles. The van der Waals surface area contributed by atoms with Gasteiger partial charge in [0, 0.05) is 6.92 Å². The maximum absolute atomic E-state index is 11.1. The summed E-state index contributed by atoms with van der Waals surface area (Å²) in [6, 6.07) is 0. The first kappa shape index (κ1) is 16.0. The molecule has 1 rings (SSSR count). The van der Waals surface area contributed by atoms with Crippen molar-refractivity contribution in [2.24, 2.45) is 0 Å². The summed E-state index contributed by atoms with van der Waals surface area (Å²) in [5.74, 6) is 5.64. The number of aliphatic hydroxyl groups is 1. The number of hydrogen-bond donors (Lipinski definition) is 1. The van der Waals surface area contributed by atoms with Crippen molar-refractivity contribution >= 4 is 5.97 Å². The van der Waals surface area contributed by atoms with E-state index in [1.807, 2.05) is 0 Å². The SMILES string of the molecule is CCCCCC(C#CC1(O)CCCCC1)OC(C)=O. The van der Waals surface area contributed by atoms with E-state index in [1.165, 1.54) is 13.3 Å². The van der Waals surface area contributed by atoms with Gasteiger partial charge in [-0.25, -0.2) is 0 Å². The zero-order valence-electron chi connectivity index (χ0n) is 12.2. The zero-order chi connectivity index (χ0) is 14.1. The lowest BCUT2D eigenvalue weighted by Crippen LogP contribution is -2.29. The van der Waals surface area contributed by atoms with Gasteiger partial charge in [0.1, 0.15) is 5.60 Å². The Labute approximate surface area is 116 Å². The van der Waals surface area contributed by atoms with Crippen LogP contribution in [0.5, 0.6) is 0 Å². The van der Waals surface area contributed by atoms with E-state index in [0.29, 0.717) is 0 Å². The van der Waals surface area contributed by atoms with Gasteiger partial charge in [-0.1, -0.05) is 38.0 Å². The molecule has 1 atom stereocenters. The van der Waals surface area contributed by atoms with E-state index in [4.69, 9.17) is 4.74 Å².